The molecule has 106 valence electrons. The molecule has 0 spiro atoms. The third kappa shape index (κ3) is 4.04. The Bertz CT molecular complexity index is 539. The van der Waals surface area contributed by atoms with E-state index in [0.29, 0.717) is 18.4 Å². The molecule has 5 nitrogen and oxygen atoms in total. The molecule has 1 aromatic carbocycles. The standard InChI is InChI=1S/C13H19NO4S/c1-3-7-11(13(15)16)14-19(17,18)12-9-6-5-8-10(12)4-2/h5-6,8-9,11,14H,3-4,7H2,1-2H3,(H,15,16). The first-order chi connectivity index (χ1) is 8.92. The molecule has 6 heteroatoms. The predicted molar refractivity (Wildman–Crippen MR) is 72.5 cm³/mol. The van der Waals surface area contributed by atoms with Gasteiger partial charge >= 0.3 is 5.97 Å². The van der Waals surface area contributed by atoms with Crippen LogP contribution in [0.15, 0.2) is 29.2 Å². The summed E-state index contributed by atoms with van der Waals surface area (Å²) in [5.41, 5.74) is 0.677. The maximum atomic E-state index is 12.2. The molecule has 1 aromatic rings. The minimum atomic E-state index is -3.80. The molecule has 0 aliphatic carbocycles. The number of aliphatic carboxylic acids is 1. The number of sulfonamides is 1. The van der Waals surface area contributed by atoms with Crippen LogP contribution >= 0.6 is 0 Å². The average Bonchev–Trinajstić information content (AvgIpc) is 2.38. The normalized spacial score (nSPS) is 13.2. The topological polar surface area (TPSA) is 83.5 Å². The third-order valence-electron chi connectivity index (χ3n) is 2.82. The fourth-order valence-corrected chi connectivity index (χ4v) is 3.37. The Balaban J connectivity index is 3.06. The van der Waals surface area contributed by atoms with Crippen LogP contribution in [-0.4, -0.2) is 25.5 Å². The van der Waals surface area contributed by atoms with Crippen molar-refractivity contribution < 1.29 is 18.3 Å². The van der Waals surface area contributed by atoms with E-state index in [4.69, 9.17) is 5.11 Å². The van der Waals surface area contributed by atoms with Crippen molar-refractivity contribution in [3.05, 3.63) is 29.8 Å². The van der Waals surface area contributed by atoms with Gasteiger partial charge in [0.15, 0.2) is 0 Å². The summed E-state index contributed by atoms with van der Waals surface area (Å²) in [5, 5.41) is 9.01. The van der Waals surface area contributed by atoms with E-state index in [1.807, 2.05) is 13.8 Å². The molecule has 0 aliphatic rings. The fraction of sp³-hybridized carbons (Fsp3) is 0.462. The average molecular weight is 285 g/mol. The highest BCUT2D eigenvalue weighted by Gasteiger charge is 2.25. The predicted octanol–water partition coefficient (Wildman–Crippen LogP) is 1.78. The van der Waals surface area contributed by atoms with E-state index >= 15 is 0 Å². The van der Waals surface area contributed by atoms with Crippen LogP contribution in [0.4, 0.5) is 0 Å². The molecule has 0 saturated heterocycles. The first-order valence-electron chi connectivity index (χ1n) is 6.25. The van der Waals surface area contributed by atoms with E-state index in [1.165, 1.54) is 6.07 Å². The Kier molecular flexibility index (Phi) is 5.50. The highest BCUT2D eigenvalue weighted by atomic mass is 32.2. The van der Waals surface area contributed by atoms with Crippen LogP contribution < -0.4 is 4.72 Å². The second-order valence-electron chi connectivity index (χ2n) is 4.26. The van der Waals surface area contributed by atoms with Gasteiger partial charge in [0.05, 0.1) is 4.90 Å². The first kappa shape index (κ1) is 15.7. The zero-order chi connectivity index (χ0) is 14.5. The number of hydrogen-bond donors (Lipinski definition) is 2. The van der Waals surface area contributed by atoms with Gasteiger partial charge in [0.2, 0.25) is 10.0 Å². The van der Waals surface area contributed by atoms with Crippen LogP contribution in [0.25, 0.3) is 0 Å². The van der Waals surface area contributed by atoms with Crippen molar-refractivity contribution in [1.82, 2.24) is 4.72 Å². The molecule has 0 aliphatic heterocycles. The lowest BCUT2D eigenvalue weighted by Gasteiger charge is -2.15. The van der Waals surface area contributed by atoms with Gasteiger partial charge < -0.3 is 5.11 Å². The molecule has 2 N–H and O–H groups in total. The zero-order valence-electron chi connectivity index (χ0n) is 11.1. The lowest BCUT2D eigenvalue weighted by Crippen LogP contribution is -2.40. The van der Waals surface area contributed by atoms with E-state index in [1.54, 1.807) is 18.2 Å². The molecule has 1 rings (SSSR count). The van der Waals surface area contributed by atoms with Gasteiger partial charge in [-0.25, -0.2) is 8.42 Å². The summed E-state index contributed by atoms with van der Waals surface area (Å²) in [6, 6.07) is 5.53. The monoisotopic (exact) mass is 285 g/mol. The minimum absolute atomic E-state index is 0.153. The number of hydrogen-bond acceptors (Lipinski definition) is 3. The maximum Gasteiger partial charge on any atom is 0.321 e. The van der Waals surface area contributed by atoms with Gasteiger partial charge in [0.1, 0.15) is 6.04 Å². The summed E-state index contributed by atoms with van der Waals surface area (Å²) in [6.07, 6.45) is 1.43. The molecule has 0 saturated carbocycles. The summed E-state index contributed by atoms with van der Waals surface area (Å²) in [6.45, 7) is 3.67. The molecule has 0 bridgehead atoms. The molecule has 1 atom stereocenters. The van der Waals surface area contributed by atoms with Gasteiger partial charge in [0.25, 0.3) is 0 Å². The number of benzene rings is 1. The second kappa shape index (κ2) is 6.68. The van der Waals surface area contributed by atoms with Crippen molar-refractivity contribution in [2.75, 3.05) is 0 Å². The molecule has 0 amide bonds. The van der Waals surface area contributed by atoms with Crippen LogP contribution in [0.3, 0.4) is 0 Å². The molecule has 0 heterocycles. The number of carboxylic acid groups (broad SMARTS) is 1. The fourth-order valence-electron chi connectivity index (χ4n) is 1.83. The maximum absolute atomic E-state index is 12.2. The van der Waals surface area contributed by atoms with E-state index in [9.17, 15) is 13.2 Å². The summed E-state index contributed by atoms with van der Waals surface area (Å²) < 4.78 is 26.7. The van der Waals surface area contributed by atoms with Crippen molar-refractivity contribution in [2.24, 2.45) is 0 Å². The number of rotatable bonds is 7. The number of carbonyl (C=O) groups is 1. The molecular formula is C13H19NO4S. The zero-order valence-corrected chi connectivity index (χ0v) is 11.9. The minimum Gasteiger partial charge on any atom is -0.480 e. The summed E-state index contributed by atoms with van der Waals surface area (Å²) in [4.78, 5) is 11.2. The van der Waals surface area contributed by atoms with Crippen LogP contribution in [0.1, 0.15) is 32.3 Å². The lowest BCUT2D eigenvalue weighted by atomic mass is 10.2. The number of nitrogens with one attached hydrogen (secondary N) is 1. The van der Waals surface area contributed by atoms with Gasteiger partial charge in [-0.05, 0) is 24.5 Å². The van der Waals surface area contributed by atoms with Crippen LogP contribution in [-0.2, 0) is 21.2 Å². The highest BCUT2D eigenvalue weighted by Crippen LogP contribution is 2.16. The molecule has 0 fully saturated rings. The molecular weight excluding hydrogens is 266 g/mol. The van der Waals surface area contributed by atoms with E-state index < -0.39 is 22.0 Å². The quantitative estimate of drug-likeness (QED) is 0.800. The Hall–Kier alpha value is -1.40. The van der Waals surface area contributed by atoms with Gasteiger partial charge in [-0.2, -0.15) is 4.72 Å². The second-order valence-corrected chi connectivity index (χ2v) is 5.94. The summed E-state index contributed by atoms with van der Waals surface area (Å²) in [7, 11) is -3.80. The molecule has 19 heavy (non-hydrogen) atoms. The van der Waals surface area contributed by atoms with Crippen LogP contribution in [0.5, 0.6) is 0 Å². The lowest BCUT2D eigenvalue weighted by molar-refractivity contribution is -0.139. The Morgan fingerprint density at radius 2 is 1.95 bits per heavy atom. The van der Waals surface area contributed by atoms with Gasteiger partial charge in [-0.1, -0.05) is 38.5 Å². The van der Waals surface area contributed by atoms with Crippen molar-refractivity contribution >= 4 is 16.0 Å². The number of aryl methyl sites for hydroxylation is 1. The van der Waals surface area contributed by atoms with Gasteiger partial charge in [-0.15, -0.1) is 0 Å². The summed E-state index contributed by atoms with van der Waals surface area (Å²) >= 11 is 0. The number of carboxylic acids is 1. The molecule has 1 unspecified atom stereocenters. The molecule has 0 radical (unpaired) electrons. The van der Waals surface area contributed by atoms with Crippen molar-refractivity contribution in [3.8, 4) is 0 Å². The van der Waals surface area contributed by atoms with Crippen LogP contribution in [0.2, 0.25) is 0 Å². The van der Waals surface area contributed by atoms with E-state index in [-0.39, 0.29) is 11.3 Å². The Labute approximate surface area is 113 Å². The van der Waals surface area contributed by atoms with Crippen molar-refractivity contribution in [1.29, 1.82) is 0 Å². The largest absolute Gasteiger partial charge is 0.480 e. The van der Waals surface area contributed by atoms with Gasteiger partial charge in [-0.3, -0.25) is 4.79 Å². The smallest absolute Gasteiger partial charge is 0.321 e. The third-order valence-corrected chi connectivity index (χ3v) is 4.39. The Morgan fingerprint density at radius 3 is 2.47 bits per heavy atom. The van der Waals surface area contributed by atoms with E-state index in [2.05, 4.69) is 4.72 Å². The highest BCUT2D eigenvalue weighted by molar-refractivity contribution is 7.89. The molecule has 0 aromatic heterocycles. The summed E-state index contributed by atoms with van der Waals surface area (Å²) in [5.74, 6) is -1.15. The Morgan fingerprint density at radius 1 is 1.32 bits per heavy atom. The van der Waals surface area contributed by atoms with Crippen molar-refractivity contribution in [3.63, 3.8) is 0 Å². The SMILES string of the molecule is CCCC(NS(=O)(=O)c1ccccc1CC)C(=O)O. The van der Waals surface area contributed by atoms with Crippen LogP contribution in [0, 0.1) is 0 Å². The first-order valence-corrected chi connectivity index (χ1v) is 7.73. The van der Waals surface area contributed by atoms with Gasteiger partial charge in [0, 0.05) is 0 Å². The van der Waals surface area contributed by atoms with Crippen molar-refractivity contribution in [2.45, 2.75) is 44.0 Å². The van der Waals surface area contributed by atoms with E-state index in [0.717, 1.165) is 0 Å².